The minimum Gasteiger partial charge on any atom is -0.494 e. The predicted octanol–water partition coefficient (Wildman–Crippen LogP) is 4.06. The Balaban J connectivity index is 1.39. The Morgan fingerprint density at radius 3 is 2.24 bits per heavy atom. The predicted molar refractivity (Wildman–Crippen MR) is 126 cm³/mol. The van der Waals surface area contributed by atoms with Crippen molar-refractivity contribution < 1.29 is 28.7 Å². The summed E-state index contributed by atoms with van der Waals surface area (Å²) in [5, 5.41) is 2.57. The smallest absolute Gasteiger partial charge is 0.331 e. The molecule has 1 aliphatic carbocycles. The molecule has 1 N–H and O–H groups in total. The molecule has 0 saturated carbocycles. The fourth-order valence-electron chi connectivity index (χ4n) is 3.63. The zero-order valence-electron chi connectivity index (χ0n) is 18.4. The van der Waals surface area contributed by atoms with Crippen molar-refractivity contribution in [3.05, 3.63) is 101 Å². The van der Waals surface area contributed by atoms with Gasteiger partial charge in [0.2, 0.25) is 0 Å². The summed E-state index contributed by atoms with van der Waals surface area (Å²) >= 11 is 0. The molecule has 0 bridgehead atoms. The number of rotatable bonds is 7. The van der Waals surface area contributed by atoms with Gasteiger partial charge in [0.05, 0.1) is 17.9 Å². The molecule has 0 aliphatic heterocycles. The molecule has 3 aromatic carbocycles. The van der Waals surface area contributed by atoms with E-state index >= 15 is 0 Å². The topological polar surface area (TPSA) is 98.8 Å². The van der Waals surface area contributed by atoms with Gasteiger partial charge < -0.3 is 14.8 Å². The molecular formula is C27H21NO6. The molecule has 34 heavy (non-hydrogen) atoms. The van der Waals surface area contributed by atoms with E-state index in [0.717, 1.165) is 11.3 Å². The molecule has 3 aromatic rings. The van der Waals surface area contributed by atoms with Crippen molar-refractivity contribution in [2.24, 2.45) is 0 Å². The Kier molecular flexibility index (Phi) is 6.64. The maximum atomic E-state index is 13.0. The van der Waals surface area contributed by atoms with Gasteiger partial charge in [-0.05, 0) is 36.8 Å². The summed E-state index contributed by atoms with van der Waals surface area (Å²) in [5.41, 5.74) is 1.92. The third-order valence-electron chi connectivity index (χ3n) is 5.18. The molecule has 0 spiro atoms. The zero-order valence-corrected chi connectivity index (χ0v) is 18.4. The first-order valence-electron chi connectivity index (χ1n) is 10.7. The maximum Gasteiger partial charge on any atom is 0.331 e. The van der Waals surface area contributed by atoms with Gasteiger partial charge in [0.15, 0.2) is 18.2 Å². The van der Waals surface area contributed by atoms with Crippen molar-refractivity contribution in [1.29, 1.82) is 0 Å². The number of carbonyl (C=O) groups excluding carboxylic acids is 4. The number of benzene rings is 3. The molecule has 0 unspecified atom stereocenters. The second-order valence-corrected chi connectivity index (χ2v) is 7.42. The molecule has 7 nitrogen and oxygen atoms in total. The molecule has 4 rings (SSSR count). The van der Waals surface area contributed by atoms with Gasteiger partial charge in [0, 0.05) is 22.8 Å². The molecule has 0 aromatic heterocycles. The first-order chi connectivity index (χ1) is 16.5. The number of hydrogen-bond acceptors (Lipinski definition) is 6. The highest BCUT2D eigenvalue weighted by atomic mass is 16.5. The van der Waals surface area contributed by atoms with Crippen LogP contribution in [-0.4, -0.2) is 36.7 Å². The highest BCUT2D eigenvalue weighted by molar-refractivity contribution is 6.30. The number of anilines is 1. The molecule has 170 valence electrons. The van der Waals surface area contributed by atoms with Crippen molar-refractivity contribution in [1.82, 2.24) is 0 Å². The van der Waals surface area contributed by atoms with Crippen molar-refractivity contribution in [2.45, 2.75) is 6.92 Å². The largest absolute Gasteiger partial charge is 0.494 e. The number of hydrogen-bond donors (Lipinski definition) is 1. The fourth-order valence-corrected chi connectivity index (χ4v) is 3.63. The zero-order chi connectivity index (χ0) is 24.1. The van der Waals surface area contributed by atoms with Gasteiger partial charge in [-0.2, -0.15) is 0 Å². The van der Waals surface area contributed by atoms with E-state index < -0.39 is 18.5 Å². The normalized spacial score (nSPS) is 12.1. The van der Waals surface area contributed by atoms with Crippen LogP contribution < -0.4 is 10.1 Å². The number of amides is 1. The van der Waals surface area contributed by atoms with Gasteiger partial charge >= 0.3 is 5.97 Å². The minimum atomic E-state index is -0.695. The summed E-state index contributed by atoms with van der Waals surface area (Å²) < 4.78 is 10.4. The monoisotopic (exact) mass is 455 g/mol. The summed E-state index contributed by atoms with van der Waals surface area (Å²) in [6.07, 6.45) is 2.78. The molecule has 0 atom stereocenters. The molecule has 0 radical (unpaired) electrons. The fraction of sp³-hybridized carbons (Fsp3) is 0.111. The van der Waals surface area contributed by atoms with Crippen molar-refractivity contribution >= 4 is 35.2 Å². The number of fused-ring (bicyclic) bond motifs is 2. The summed E-state index contributed by atoms with van der Waals surface area (Å²) in [6, 6.07) is 18.4. The van der Waals surface area contributed by atoms with Crippen molar-refractivity contribution in [3.8, 4) is 5.75 Å². The second kappa shape index (κ2) is 9.95. The van der Waals surface area contributed by atoms with Crippen molar-refractivity contribution in [3.63, 3.8) is 0 Å². The van der Waals surface area contributed by atoms with Crippen LogP contribution in [0.15, 0.2) is 72.8 Å². The lowest BCUT2D eigenvalue weighted by Crippen LogP contribution is -2.25. The summed E-state index contributed by atoms with van der Waals surface area (Å²) in [5.74, 6) is -1.23. The van der Waals surface area contributed by atoms with Crippen LogP contribution in [0.2, 0.25) is 0 Å². The minimum absolute atomic E-state index is 0.126. The van der Waals surface area contributed by atoms with Crippen LogP contribution in [0.5, 0.6) is 5.75 Å². The van der Waals surface area contributed by atoms with Crippen LogP contribution in [0.1, 0.15) is 44.3 Å². The standard InChI is InChI=1S/C27H21NO6/c1-2-33-18-13-10-17(11-14-18)12-15-24(30)34-16-23(29)28-22-9-5-8-21-25(22)27(32)20-7-4-3-6-19(20)26(21)31/h3-15H,2,16H2,1H3,(H,28,29)/b15-12+. The van der Waals surface area contributed by atoms with E-state index in [2.05, 4.69) is 5.32 Å². The third kappa shape index (κ3) is 4.78. The Hall–Kier alpha value is -4.52. The summed E-state index contributed by atoms with van der Waals surface area (Å²) in [6.45, 7) is 1.91. The van der Waals surface area contributed by atoms with Gasteiger partial charge in [0.25, 0.3) is 5.91 Å². The number of carbonyl (C=O) groups is 4. The Bertz CT molecular complexity index is 1310. The molecule has 1 amide bonds. The van der Waals surface area contributed by atoms with Gasteiger partial charge in [-0.1, -0.05) is 48.5 Å². The average Bonchev–Trinajstić information content (AvgIpc) is 2.86. The van der Waals surface area contributed by atoms with Crippen LogP contribution in [0.25, 0.3) is 6.08 Å². The Labute approximate surface area is 196 Å². The summed E-state index contributed by atoms with van der Waals surface area (Å²) in [4.78, 5) is 50.2. The first-order valence-corrected chi connectivity index (χ1v) is 10.7. The Morgan fingerprint density at radius 1 is 0.853 bits per heavy atom. The van der Waals surface area contributed by atoms with E-state index in [1.807, 2.05) is 6.92 Å². The first kappa shape index (κ1) is 22.7. The van der Waals surface area contributed by atoms with Crippen molar-refractivity contribution in [2.75, 3.05) is 18.5 Å². The van der Waals surface area contributed by atoms with Crippen LogP contribution in [0.3, 0.4) is 0 Å². The summed E-state index contributed by atoms with van der Waals surface area (Å²) in [7, 11) is 0. The lowest BCUT2D eigenvalue weighted by molar-refractivity contribution is -0.142. The number of esters is 1. The molecular weight excluding hydrogens is 434 g/mol. The highest BCUT2D eigenvalue weighted by Crippen LogP contribution is 2.31. The molecule has 0 heterocycles. The SMILES string of the molecule is CCOc1ccc(/C=C/C(=O)OCC(=O)Nc2cccc3c2C(=O)c2ccccc2C3=O)cc1. The van der Waals surface area contributed by atoms with E-state index in [4.69, 9.17) is 9.47 Å². The molecule has 1 aliphatic rings. The third-order valence-corrected chi connectivity index (χ3v) is 5.18. The number of nitrogens with one attached hydrogen (secondary N) is 1. The van der Waals surface area contributed by atoms with Gasteiger partial charge in [-0.15, -0.1) is 0 Å². The van der Waals surface area contributed by atoms with E-state index in [-0.39, 0.29) is 33.9 Å². The highest BCUT2D eigenvalue weighted by Gasteiger charge is 2.31. The quantitative estimate of drug-likeness (QED) is 0.333. The van der Waals surface area contributed by atoms with Gasteiger partial charge in [-0.3, -0.25) is 14.4 Å². The average molecular weight is 455 g/mol. The van der Waals surface area contributed by atoms with Crippen LogP contribution >= 0.6 is 0 Å². The van der Waals surface area contributed by atoms with E-state index in [9.17, 15) is 19.2 Å². The molecule has 0 fully saturated rings. The lowest BCUT2D eigenvalue weighted by atomic mass is 9.83. The maximum absolute atomic E-state index is 13.0. The van der Waals surface area contributed by atoms with Crippen LogP contribution in [0.4, 0.5) is 5.69 Å². The van der Waals surface area contributed by atoms with Gasteiger partial charge in [0.1, 0.15) is 5.75 Å². The van der Waals surface area contributed by atoms with Gasteiger partial charge in [-0.25, -0.2) is 4.79 Å². The van der Waals surface area contributed by atoms with E-state index in [0.29, 0.717) is 12.2 Å². The van der Waals surface area contributed by atoms with E-state index in [1.165, 1.54) is 12.1 Å². The number of ketones is 2. The van der Waals surface area contributed by atoms with Crippen LogP contribution in [-0.2, 0) is 14.3 Å². The second-order valence-electron chi connectivity index (χ2n) is 7.42. The Morgan fingerprint density at radius 2 is 1.53 bits per heavy atom. The lowest BCUT2D eigenvalue weighted by Gasteiger charge is -2.20. The van der Waals surface area contributed by atoms with Crippen LogP contribution in [0, 0.1) is 0 Å². The number of ether oxygens (including phenoxy) is 2. The van der Waals surface area contributed by atoms with E-state index in [1.54, 1.807) is 66.7 Å². The molecule has 7 heteroatoms. The molecule has 0 saturated heterocycles.